The Kier molecular flexibility index (Phi) is 7.42. The highest BCUT2D eigenvalue weighted by atomic mass is 79.9. The summed E-state index contributed by atoms with van der Waals surface area (Å²) in [5, 5.41) is 8.98. The van der Waals surface area contributed by atoms with Crippen molar-refractivity contribution in [3.8, 4) is 17.6 Å². The lowest BCUT2D eigenvalue weighted by Crippen LogP contribution is -2.36. The molecule has 0 bridgehead atoms. The van der Waals surface area contributed by atoms with E-state index in [1.807, 2.05) is 26.0 Å². The van der Waals surface area contributed by atoms with Gasteiger partial charge in [-0.2, -0.15) is 5.26 Å². The summed E-state index contributed by atoms with van der Waals surface area (Å²) >= 11 is 4.45. The Morgan fingerprint density at radius 3 is 2.68 bits per heavy atom. The van der Waals surface area contributed by atoms with Crippen LogP contribution in [0.5, 0.6) is 11.5 Å². The number of carbonyl (C=O) groups excluding carboxylic acids is 2. The molecular weight excluding hydrogens is 480 g/mol. The fourth-order valence-corrected chi connectivity index (χ4v) is 4.39. The van der Waals surface area contributed by atoms with Crippen LogP contribution in [0.2, 0.25) is 0 Å². The van der Waals surface area contributed by atoms with Crippen molar-refractivity contribution in [2.45, 2.75) is 32.9 Å². The molecule has 0 spiro atoms. The Bertz CT molecular complexity index is 1090. The predicted molar refractivity (Wildman–Crippen MR) is 124 cm³/mol. The van der Waals surface area contributed by atoms with Gasteiger partial charge in [0.2, 0.25) is 0 Å². The number of methoxy groups -OCH3 is 1. The number of hydrogen-bond acceptors (Lipinski definition) is 6. The van der Waals surface area contributed by atoms with Crippen LogP contribution in [-0.2, 0) is 11.4 Å². The summed E-state index contributed by atoms with van der Waals surface area (Å²) in [5.74, 6) is 0.681. The van der Waals surface area contributed by atoms with Crippen molar-refractivity contribution >= 4 is 44.9 Å². The van der Waals surface area contributed by atoms with E-state index in [0.29, 0.717) is 38.4 Å². The number of amides is 2. The third-order valence-electron chi connectivity index (χ3n) is 4.95. The Labute approximate surface area is 194 Å². The quantitative estimate of drug-likeness (QED) is 0.450. The van der Waals surface area contributed by atoms with E-state index >= 15 is 0 Å². The molecule has 8 heteroatoms. The number of thioether (sulfide) groups is 1. The Balaban J connectivity index is 1.86. The lowest BCUT2D eigenvalue weighted by atomic mass is 10.1. The number of nitriles is 1. The van der Waals surface area contributed by atoms with Gasteiger partial charge in [-0.05, 0) is 54.9 Å². The molecule has 160 valence electrons. The maximum atomic E-state index is 12.7. The van der Waals surface area contributed by atoms with Gasteiger partial charge in [0.05, 0.1) is 23.6 Å². The number of nitrogens with zero attached hydrogens (tertiary/aromatic N) is 2. The highest BCUT2D eigenvalue weighted by molar-refractivity contribution is 9.10. The topological polar surface area (TPSA) is 79.6 Å². The summed E-state index contributed by atoms with van der Waals surface area (Å²) in [7, 11) is 1.53. The van der Waals surface area contributed by atoms with Crippen LogP contribution in [0.15, 0.2) is 45.8 Å². The fourth-order valence-electron chi connectivity index (χ4n) is 3.03. The molecule has 1 atom stereocenters. The summed E-state index contributed by atoms with van der Waals surface area (Å²) < 4.78 is 12.1. The first kappa shape index (κ1) is 22.9. The van der Waals surface area contributed by atoms with Crippen molar-refractivity contribution in [1.29, 1.82) is 5.26 Å². The van der Waals surface area contributed by atoms with Gasteiger partial charge in [0, 0.05) is 16.1 Å². The van der Waals surface area contributed by atoms with Gasteiger partial charge in [-0.15, -0.1) is 0 Å². The first-order valence-corrected chi connectivity index (χ1v) is 11.3. The minimum absolute atomic E-state index is 0.150. The van der Waals surface area contributed by atoms with Gasteiger partial charge < -0.3 is 9.47 Å². The van der Waals surface area contributed by atoms with E-state index in [4.69, 9.17) is 9.47 Å². The molecule has 2 aromatic carbocycles. The minimum Gasteiger partial charge on any atom is -0.493 e. The smallest absolute Gasteiger partial charge is 0.293 e. The molecule has 0 radical (unpaired) electrons. The van der Waals surface area contributed by atoms with Gasteiger partial charge in [0.1, 0.15) is 6.61 Å². The summed E-state index contributed by atoms with van der Waals surface area (Å²) in [6.45, 7) is 4.00. The normalized spacial score (nSPS) is 15.8. The summed E-state index contributed by atoms with van der Waals surface area (Å²) in [6.07, 6.45) is 2.37. The Morgan fingerprint density at radius 2 is 2.00 bits per heavy atom. The van der Waals surface area contributed by atoms with Crippen LogP contribution in [0, 0.1) is 11.3 Å². The van der Waals surface area contributed by atoms with Crippen LogP contribution in [-0.4, -0.2) is 29.2 Å². The number of benzene rings is 2. The first-order valence-electron chi connectivity index (χ1n) is 9.65. The number of hydrogen-bond donors (Lipinski definition) is 0. The van der Waals surface area contributed by atoms with Crippen molar-refractivity contribution in [3.05, 3.63) is 62.5 Å². The molecule has 1 heterocycles. The lowest BCUT2D eigenvalue weighted by molar-refractivity contribution is -0.124. The SMILES string of the molecule is CC[C@H](C)N1C(=O)S/C(=C/c2cc(OC)c(OCc3ccccc3C#N)cc2Br)C1=O. The molecule has 1 aliphatic rings. The summed E-state index contributed by atoms with van der Waals surface area (Å²) in [6, 6.07) is 12.7. The third-order valence-corrected chi connectivity index (χ3v) is 6.52. The van der Waals surface area contributed by atoms with Crippen molar-refractivity contribution in [3.63, 3.8) is 0 Å². The second kappa shape index (κ2) is 10.0. The summed E-state index contributed by atoms with van der Waals surface area (Å²) in [4.78, 5) is 26.6. The lowest BCUT2D eigenvalue weighted by Gasteiger charge is -2.19. The average Bonchev–Trinajstić information content (AvgIpc) is 3.06. The molecule has 6 nitrogen and oxygen atoms in total. The van der Waals surface area contributed by atoms with Crippen molar-refractivity contribution in [2.75, 3.05) is 7.11 Å². The van der Waals surface area contributed by atoms with Gasteiger partial charge in [-0.1, -0.05) is 41.1 Å². The first-order chi connectivity index (χ1) is 14.9. The zero-order valence-corrected chi connectivity index (χ0v) is 19.7. The number of halogens is 1. The van der Waals surface area contributed by atoms with Crippen LogP contribution in [0.3, 0.4) is 0 Å². The molecule has 0 saturated carbocycles. The van der Waals surface area contributed by atoms with Crippen LogP contribution in [0.25, 0.3) is 6.08 Å². The van der Waals surface area contributed by atoms with Crippen LogP contribution >= 0.6 is 27.7 Å². The number of ether oxygens (including phenoxy) is 2. The monoisotopic (exact) mass is 500 g/mol. The number of carbonyl (C=O) groups is 2. The molecule has 0 aromatic heterocycles. The van der Waals surface area contributed by atoms with Gasteiger partial charge in [-0.25, -0.2) is 0 Å². The second-order valence-electron chi connectivity index (χ2n) is 6.89. The molecule has 31 heavy (non-hydrogen) atoms. The minimum atomic E-state index is -0.288. The van der Waals surface area contributed by atoms with Gasteiger partial charge in [0.25, 0.3) is 11.1 Å². The maximum absolute atomic E-state index is 12.7. The Hall–Kier alpha value is -2.76. The van der Waals surface area contributed by atoms with Gasteiger partial charge in [-0.3, -0.25) is 14.5 Å². The van der Waals surface area contributed by atoms with Crippen molar-refractivity contribution < 1.29 is 19.1 Å². The van der Waals surface area contributed by atoms with Gasteiger partial charge >= 0.3 is 0 Å². The van der Waals surface area contributed by atoms with Crippen LogP contribution in [0.1, 0.15) is 37.0 Å². The van der Waals surface area contributed by atoms with E-state index in [-0.39, 0.29) is 23.8 Å². The van der Waals surface area contributed by atoms with E-state index in [1.54, 1.807) is 30.3 Å². The molecule has 0 aliphatic carbocycles. The highest BCUT2D eigenvalue weighted by Crippen LogP contribution is 2.39. The molecule has 2 aromatic rings. The molecule has 1 aliphatic heterocycles. The van der Waals surface area contributed by atoms with E-state index in [2.05, 4.69) is 22.0 Å². The molecular formula is C23H21BrN2O4S. The average molecular weight is 501 g/mol. The molecule has 1 saturated heterocycles. The number of imide groups is 1. The summed E-state index contributed by atoms with van der Waals surface area (Å²) in [5.41, 5.74) is 2.01. The second-order valence-corrected chi connectivity index (χ2v) is 8.74. The van der Waals surface area contributed by atoms with E-state index < -0.39 is 0 Å². The van der Waals surface area contributed by atoms with Crippen LogP contribution < -0.4 is 9.47 Å². The van der Waals surface area contributed by atoms with E-state index in [9.17, 15) is 14.9 Å². The zero-order chi connectivity index (χ0) is 22.5. The standard InChI is InChI=1S/C23H21BrN2O4S/c1-4-14(2)26-22(27)21(31-23(26)28)10-17-9-19(29-3)20(11-18(17)24)30-13-16-8-6-5-7-15(16)12-25/h5-11,14H,4,13H2,1-3H3/b21-10+/t14-/m0/s1. The predicted octanol–water partition coefficient (Wildman–Crippen LogP) is 5.74. The molecule has 2 amide bonds. The van der Waals surface area contributed by atoms with E-state index in [1.165, 1.54) is 12.0 Å². The number of rotatable bonds is 7. The van der Waals surface area contributed by atoms with Crippen molar-refractivity contribution in [2.24, 2.45) is 0 Å². The molecule has 1 fully saturated rings. The van der Waals surface area contributed by atoms with Gasteiger partial charge in [0.15, 0.2) is 11.5 Å². The molecule has 3 rings (SSSR count). The zero-order valence-electron chi connectivity index (χ0n) is 17.3. The molecule has 0 unspecified atom stereocenters. The Morgan fingerprint density at radius 1 is 1.26 bits per heavy atom. The van der Waals surface area contributed by atoms with Crippen LogP contribution in [0.4, 0.5) is 4.79 Å². The van der Waals surface area contributed by atoms with E-state index in [0.717, 1.165) is 17.3 Å². The largest absolute Gasteiger partial charge is 0.493 e. The maximum Gasteiger partial charge on any atom is 0.293 e. The molecule has 0 N–H and O–H groups in total. The highest BCUT2D eigenvalue weighted by Gasteiger charge is 2.37. The third kappa shape index (κ3) is 4.94. The fraction of sp³-hybridized carbons (Fsp3) is 0.261. The van der Waals surface area contributed by atoms with Crippen molar-refractivity contribution in [1.82, 2.24) is 4.90 Å².